The number of fused-ring (bicyclic) bond motifs is 2. The lowest BCUT2D eigenvalue weighted by atomic mass is 10.2. The number of halogens is 2. The maximum atomic E-state index is 5.78. The second kappa shape index (κ2) is 8.11. The van der Waals surface area contributed by atoms with Crippen LogP contribution in [0, 0.1) is 0 Å². The van der Waals surface area contributed by atoms with Crippen molar-refractivity contribution in [3.05, 3.63) is 64.3 Å². The number of hydrogen-bond acceptors (Lipinski definition) is 1. The first-order valence-electron chi connectivity index (χ1n) is 6.47. The average molecular weight is 337 g/mol. The van der Waals surface area contributed by atoms with Gasteiger partial charge in [0.1, 0.15) is 0 Å². The van der Waals surface area contributed by atoms with Crippen LogP contribution in [-0.4, -0.2) is 11.5 Å². The molecule has 1 aliphatic rings. The third-order valence-electron chi connectivity index (χ3n) is 3.30. The molecule has 0 unspecified atom stereocenters. The van der Waals surface area contributed by atoms with Gasteiger partial charge in [-0.2, -0.15) is 0 Å². The van der Waals surface area contributed by atoms with Crippen molar-refractivity contribution < 1.29 is 0 Å². The molecule has 2 nitrogen and oxygen atoms in total. The standard InChI is InChI=1S/C8H8ClN.C8H6ClN.2CH4/c2*9-7-2-1-6-3-4-10-8(6)5-7;;/h1-2,5,10H,3-4H2;1-5,10H;2*1H4. The molecule has 0 bridgehead atoms. The quantitative estimate of drug-likeness (QED) is 0.488. The van der Waals surface area contributed by atoms with Gasteiger partial charge in [-0.15, -0.1) is 0 Å². The predicted molar refractivity (Wildman–Crippen MR) is 100 cm³/mol. The molecular formula is C18H22Cl2N2. The number of aromatic amines is 1. The predicted octanol–water partition coefficient (Wildman–Crippen LogP) is 6.40. The Hall–Kier alpha value is -1.64. The molecule has 0 atom stereocenters. The topological polar surface area (TPSA) is 27.8 Å². The van der Waals surface area contributed by atoms with Crippen LogP contribution < -0.4 is 5.32 Å². The lowest BCUT2D eigenvalue weighted by Crippen LogP contribution is -1.90. The Balaban J connectivity index is 0.000000202. The summed E-state index contributed by atoms with van der Waals surface area (Å²) in [5.41, 5.74) is 3.67. The van der Waals surface area contributed by atoms with Crippen LogP contribution in [0.4, 0.5) is 5.69 Å². The van der Waals surface area contributed by atoms with E-state index in [1.807, 2.05) is 42.6 Å². The molecule has 1 aliphatic heterocycles. The Morgan fingerprint density at radius 3 is 2.41 bits per heavy atom. The number of rotatable bonds is 0. The highest BCUT2D eigenvalue weighted by molar-refractivity contribution is 6.31. The molecule has 1 aromatic heterocycles. The molecule has 0 radical (unpaired) electrons. The zero-order valence-electron chi connectivity index (χ0n) is 10.8. The van der Waals surface area contributed by atoms with Crippen LogP contribution in [0.25, 0.3) is 10.9 Å². The number of H-pyrrole nitrogens is 1. The van der Waals surface area contributed by atoms with Crippen LogP contribution in [0.5, 0.6) is 0 Å². The van der Waals surface area contributed by atoms with Crippen LogP contribution in [0.15, 0.2) is 48.7 Å². The molecule has 22 heavy (non-hydrogen) atoms. The molecule has 4 heteroatoms. The van der Waals surface area contributed by atoms with Gasteiger partial charge in [-0.1, -0.05) is 50.2 Å². The number of nitrogens with one attached hydrogen (secondary N) is 2. The molecular weight excluding hydrogens is 315 g/mol. The maximum Gasteiger partial charge on any atom is 0.0468 e. The highest BCUT2D eigenvalue weighted by Gasteiger charge is 2.08. The molecule has 0 amide bonds. The minimum atomic E-state index is 0. The van der Waals surface area contributed by atoms with Gasteiger partial charge < -0.3 is 10.3 Å². The number of hydrogen-bond donors (Lipinski definition) is 2. The minimum absolute atomic E-state index is 0. The Morgan fingerprint density at radius 1 is 0.864 bits per heavy atom. The van der Waals surface area contributed by atoms with Gasteiger partial charge in [0.2, 0.25) is 0 Å². The van der Waals surface area contributed by atoms with Crippen LogP contribution in [-0.2, 0) is 6.42 Å². The highest BCUT2D eigenvalue weighted by atomic mass is 35.5. The summed E-state index contributed by atoms with van der Waals surface area (Å²) in [6.45, 7) is 1.05. The SMILES string of the molecule is C.C.Clc1ccc2c(c1)NCC2.Clc1ccc2cc[nH]c2c1. The van der Waals surface area contributed by atoms with Gasteiger partial charge in [-0.3, -0.25) is 0 Å². The Morgan fingerprint density at radius 2 is 1.59 bits per heavy atom. The largest absolute Gasteiger partial charge is 0.384 e. The van der Waals surface area contributed by atoms with E-state index in [0.717, 1.165) is 28.5 Å². The number of benzene rings is 2. The molecule has 2 heterocycles. The molecule has 0 aliphatic carbocycles. The van der Waals surface area contributed by atoms with Gasteiger partial charge in [-0.25, -0.2) is 0 Å². The van der Waals surface area contributed by atoms with Crippen molar-refractivity contribution in [3.63, 3.8) is 0 Å². The molecule has 0 fully saturated rings. The molecule has 118 valence electrons. The summed E-state index contributed by atoms with van der Waals surface area (Å²) in [6.07, 6.45) is 3.04. The zero-order chi connectivity index (χ0) is 13.9. The van der Waals surface area contributed by atoms with Crippen molar-refractivity contribution >= 4 is 39.8 Å². The van der Waals surface area contributed by atoms with Crippen LogP contribution >= 0.6 is 23.2 Å². The number of aromatic nitrogens is 1. The summed E-state index contributed by atoms with van der Waals surface area (Å²) in [6, 6.07) is 13.8. The van der Waals surface area contributed by atoms with Crippen LogP contribution in [0.2, 0.25) is 10.0 Å². The summed E-state index contributed by atoms with van der Waals surface area (Å²) in [5.74, 6) is 0. The summed E-state index contributed by atoms with van der Waals surface area (Å²) >= 11 is 11.5. The average Bonchev–Trinajstić information content (AvgIpc) is 3.06. The summed E-state index contributed by atoms with van der Waals surface area (Å²) in [7, 11) is 0. The fraction of sp³-hybridized carbons (Fsp3) is 0.222. The van der Waals surface area contributed by atoms with E-state index in [2.05, 4.69) is 16.4 Å². The van der Waals surface area contributed by atoms with Gasteiger partial charge in [0.05, 0.1) is 0 Å². The summed E-state index contributed by atoms with van der Waals surface area (Å²) in [5, 5.41) is 6.04. The molecule has 0 saturated heterocycles. The van der Waals surface area contributed by atoms with Gasteiger partial charge in [-0.05, 0) is 47.7 Å². The molecule has 3 aromatic rings. The fourth-order valence-electron chi connectivity index (χ4n) is 2.28. The first-order chi connectivity index (χ1) is 9.72. The Labute approximate surface area is 142 Å². The van der Waals surface area contributed by atoms with Gasteiger partial charge in [0, 0.05) is 34.0 Å². The normalized spacial score (nSPS) is 11.4. The summed E-state index contributed by atoms with van der Waals surface area (Å²) < 4.78 is 0. The van der Waals surface area contributed by atoms with Gasteiger partial charge in [0.25, 0.3) is 0 Å². The second-order valence-corrected chi connectivity index (χ2v) is 5.56. The van der Waals surface area contributed by atoms with Crippen molar-refractivity contribution in [1.29, 1.82) is 0 Å². The molecule has 4 rings (SSSR count). The zero-order valence-corrected chi connectivity index (χ0v) is 12.3. The molecule has 2 aromatic carbocycles. The Kier molecular flexibility index (Phi) is 6.79. The summed E-state index contributed by atoms with van der Waals surface area (Å²) in [4.78, 5) is 3.08. The maximum absolute atomic E-state index is 5.78. The van der Waals surface area contributed by atoms with E-state index in [-0.39, 0.29) is 14.9 Å². The van der Waals surface area contributed by atoms with Crippen LogP contribution in [0.3, 0.4) is 0 Å². The van der Waals surface area contributed by atoms with E-state index in [0.29, 0.717) is 0 Å². The van der Waals surface area contributed by atoms with E-state index in [9.17, 15) is 0 Å². The monoisotopic (exact) mass is 336 g/mol. The van der Waals surface area contributed by atoms with Gasteiger partial charge in [0.15, 0.2) is 0 Å². The van der Waals surface area contributed by atoms with Gasteiger partial charge >= 0.3 is 0 Å². The lowest BCUT2D eigenvalue weighted by molar-refractivity contribution is 1.11. The van der Waals surface area contributed by atoms with E-state index in [1.54, 1.807) is 0 Å². The third kappa shape index (κ3) is 4.19. The molecule has 0 saturated carbocycles. The van der Waals surface area contributed by atoms with Crippen molar-refractivity contribution in [1.82, 2.24) is 4.98 Å². The number of anilines is 1. The van der Waals surface area contributed by atoms with Crippen LogP contribution in [0.1, 0.15) is 20.4 Å². The third-order valence-corrected chi connectivity index (χ3v) is 3.77. The van der Waals surface area contributed by atoms with Crippen molar-refractivity contribution in [2.45, 2.75) is 21.3 Å². The minimum Gasteiger partial charge on any atom is -0.384 e. The van der Waals surface area contributed by atoms with E-state index >= 15 is 0 Å². The fourth-order valence-corrected chi connectivity index (χ4v) is 2.63. The van der Waals surface area contributed by atoms with E-state index in [1.165, 1.54) is 16.6 Å². The van der Waals surface area contributed by atoms with Crippen molar-refractivity contribution in [2.24, 2.45) is 0 Å². The second-order valence-electron chi connectivity index (χ2n) is 4.69. The molecule has 0 spiro atoms. The highest BCUT2D eigenvalue weighted by Crippen LogP contribution is 2.25. The first kappa shape index (κ1) is 18.4. The van der Waals surface area contributed by atoms with E-state index < -0.39 is 0 Å². The molecule has 2 N–H and O–H groups in total. The van der Waals surface area contributed by atoms with Crippen molar-refractivity contribution in [3.8, 4) is 0 Å². The lowest BCUT2D eigenvalue weighted by Gasteiger charge is -1.97. The Bertz CT molecular complexity index is 735. The smallest absolute Gasteiger partial charge is 0.0468 e. The van der Waals surface area contributed by atoms with E-state index in [4.69, 9.17) is 23.2 Å². The first-order valence-corrected chi connectivity index (χ1v) is 7.23. The van der Waals surface area contributed by atoms with Crippen molar-refractivity contribution in [2.75, 3.05) is 11.9 Å².